The number of aromatic nitrogens is 1. The molecule has 0 unspecified atom stereocenters. The monoisotopic (exact) mass is 442 g/mol. The first kappa shape index (κ1) is 21.0. The summed E-state index contributed by atoms with van der Waals surface area (Å²) in [5, 5.41) is 10.2. The molecule has 4 N–H and O–H groups in total. The molecule has 2 aromatic heterocycles. The molecular formula is C26H26N4O3. The minimum Gasteiger partial charge on any atom is -0.467 e. The van der Waals surface area contributed by atoms with E-state index in [9.17, 15) is 9.59 Å². The molecule has 5 rings (SSSR count). The van der Waals surface area contributed by atoms with E-state index in [1.165, 1.54) is 5.56 Å². The highest BCUT2D eigenvalue weighted by Gasteiger charge is 2.29. The van der Waals surface area contributed by atoms with Gasteiger partial charge in [0.2, 0.25) is 11.8 Å². The first-order chi connectivity index (χ1) is 16.2. The summed E-state index contributed by atoms with van der Waals surface area (Å²) >= 11 is 0. The van der Waals surface area contributed by atoms with Crippen LogP contribution in [-0.4, -0.2) is 28.9 Å². The molecule has 0 radical (unpaired) electrons. The van der Waals surface area contributed by atoms with Crippen molar-refractivity contribution in [3.63, 3.8) is 0 Å². The topological polar surface area (TPSA) is 99.2 Å². The number of aromatic amines is 1. The van der Waals surface area contributed by atoms with Crippen molar-refractivity contribution >= 4 is 22.7 Å². The maximum Gasteiger partial charge on any atom is 0.243 e. The number of nitrogens with one attached hydrogen (secondary N) is 4. The maximum atomic E-state index is 13.2. The average Bonchev–Trinajstić information content (AvgIpc) is 3.52. The summed E-state index contributed by atoms with van der Waals surface area (Å²) in [7, 11) is 0. The fourth-order valence-electron chi connectivity index (χ4n) is 4.35. The van der Waals surface area contributed by atoms with Gasteiger partial charge in [0.25, 0.3) is 0 Å². The standard InChI is InChI=1S/C26H26N4O3/c31-25(29-16-20-8-5-11-33-20)24(13-19-15-27-22-10-4-3-9-21(19)22)30-26(32)23-12-17-6-1-2-7-18(17)14-28-23/h1-11,15,23-24,27-28H,12-14,16H2,(H,29,31)(H,30,32)/t23-,24+/m1/s1. The van der Waals surface area contributed by atoms with E-state index in [-0.39, 0.29) is 24.4 Å². The van der Waals surface area contributed by atoms with Crippen molar-refractivity contribution in [2.24, 2.45) is 0 Å². The van der Waals surface area contributed by atoms with Gasteiger partial charge in [-0.05, 0) is 41.3 Å². The van der Waals surface area contributed by atoms with E-state index < -0.39 is 6.04 Å². The number of carbonyl (C=O) groups is 2. The van der Waals surface area contributed by atoms with E-state index in [2.05, 4.69) is 33.1 Å². The number of hydrogen-bond donors (Lipinski definition) is 4. The second-order valence-electron chi connectivity index (χ2n) is 8.33. The molecule has 7 nitrogen and oxygen atoms in total. The Bertz CT molecular complexity index is 1260. The molecule has 1 aliphatic heterocycles. The van der Waals surface area contributed by atoms with E-state index in [1.807, 2.05) is 42.6 Å². The van der Waals surface area contributed by atoms with Gasteiger partial charge in [-0.1, -0.05) is 42.5 Å². The summed E-state index contributed by atoms with van der Waals surface area (Å²) in [4.78, 5) is 29.5. The summed E-state index contributed by atoms with van der Waals surface area (Å²) in [5.74, 6) is 0.231. The van der Waals surface area contributed by atoms with Crippen LogP contribution in [0.4, 0.5) is 0 Å². The quantitative estimate of drug-likeness (QED) is 0.354. The Balaban J connectivity index is 1.32. The van der Waals surface area contributed by atoms with E-state index >= 15 is 0 Å². The molecule has 0 fully saturated rings. The second kappa shape index (κ2) is 9.34. The molecule has 168 valence electrons. The zero-order valence-electron chi connectivity index (χ0n) is 18.1. The highest BCUT2D eigenvalue weighted by molar-refractivity contribution is 5.91. The lowest BCUT2D eigenvalue weighted by atomic mass is 9.95. The lowest BCUT2D eigenvalue weighted by Crippen LogP contribution is -2.54. The van der Waals surface area contributed by atoms with Gasteiger partial charge in [0, 0.05) is 30.1 Å². The van der Waals surface area contributed by atoms with Crippen molar-refractivity contribution < 1.29 is 14.0 Å². The van der Waals surface area contributed by atoms with Crippen LogP contribution in [0.15, 0.2) is 77.5 Å². The van der Waals surface area contributed by atoms with Crippen LogP contribution >= 0.6 is 0 Å². The first-order valence-electron chi connectivity index (χ1n) is 11.1. The number of rotatable bonds is 7. The number of hydrogen-bond acceptors (Lipinski definition) is 4. The molecule has 4 aromatic rings. The van der Waals surface area contributed by atoms with Gasteiger partial charge in [-0.25, -0.2) is 0 Å². The predicted molar refractivity (Wildman–Crippen MR) is 125 cm³/mol. The number of furan rings is 1. The molecular weight excluding hydrogens is 416 g/mol. The SMILES string of the molecule is O=C(NCc1ccco1)[C@H](Cc1c[nH]c2ccccc12)NC(=O)[C@H]1Cc2ccccc2CN1. The molecule has 2 amide bonds. The van der Waals surface area contributed by atoms with Crippen molar-refractivity contribution in [1.82, 2.24) is 20.9 Å². The van der Waals surface area contributed by atoms with Crippen LogP contribution < -0.4 is 16.0 Å². The van der Waals surface area contributed by atoms with Crippen molar-refractivity contribution in [1.29, 1.82) is 0 Å². The maximum absolute atomic E-state index is 13.2. The summed E-state index contributed by atoms with van der Waals surface area (Å²) in [5.41, 5.74) is 4.34. The molecule has 0 saturated carbocycles. The third kappa shape index (κ3) is 4.68. The van der Waals surface area contributed by atoms with Gasteiger partial charge in [0.05, 0.1) is 18.8 Å². The van der Waals surface area contributed by atoms with Gasteiger partial charge in [-0.3, -0.25) is 9.59 Å². The van der Waals surface area contributed by atoms with Crippen LogP contribution in [0, 0.1) is 0 Å². The minimum absolute atomic E-state index is 0.178. The Morgan fingerprint density at radius 2 is 1.85 bits per heavy atom. The van der Waals surface area contributed by atoms with Gasteiger partial charge >= 0.3 is 0 Å². The van der Waals surface area contributed by atoms with Crippen LogP contribution in [0.2, 0.25) is 0 Å². The molecule has 0 spiro atoms. The Hall–Kier alpha value is -3.84. The van der Waals surface area contributed by atoms with Crippen molar-refractivity contribution in [3.8, 4) is 0 Å². The minimum atomic E-state index is -0.717. The number of H-pyrrole nitrogens is 1. The molecule has 33 heavy (non-hydrogen) atoms. The average molecular weight is 443 g/mol. The Morgan fingerprint density at radius 3 is 2.70 bits per heavy atom. The van der Waals surface area contributed by atoms with Crippen LogP contribution in [0.25, 0.3) is 10.9 Å². The largest absolute Gasteiger partial charge is 0.467 e. The van der Waals surface area contributed by atoms with Gasteiger partial charge in [-0.2, -0.15) is 0 Å². The lowest BCUT2D eigenvalue weighted by Gasteiger charge is -2.27. The summed E-state index contributed by atoms with van der Waals surface area (Å²) in [6, 6.07) is 18.5. The van der Waals surface area contributed by atoms with Gasteiger partial charge in [0.1, 0.15) is 11.8 Å². The number of benzene rings is 2. The third-order valence-electron chi connectivity index (χ3n) is 6.15. The van der Waals surface area contributed by atoms with E-state index in [1.54, 1.807) is 18.4 Å². The van der Waals surface area contributed by atoms with Crippen LogP contribution in [0.3, 0.4) is 0 Å². The van der Waals surface area contributed by atoms with Crippen LogP contribution in [-0.2, 0) is 35.5 Å². The summed E-state index contributed by atoms with van der Waals surface area (Å²) in [6.45, 7) is 0.896. The summed E-state index contributed by atoms with van der Waals surface area (Å²) in [6.07, 6.45) is 4.44. The second-order valence-corrected chi connectivity index (χ2v) is 8.33. The van der Waals surface area contributed by atoms with Crippen molar-refractivity contribution in [3.05, 3.63) is 95.6 Å². The van der Waals surface area contributed by atoms with E-state index in [0.29, 0.717) is 25.1 Å². The number of fused-ring (bicyclic) bond motifs is 2. The fraction of sp³-hybridized carbons (Fsp3) is 0.231. The Kier molecular flexibility index (Phi) is 5.95. The van der Waals surface area contributed by atoms with Crippen LogP contribution in [0.1, 0.15) is 22.5 Å². The third-order valence-corrected chi connectivity index (χ3v) is 6.15. The number of carbonyl (C=O) groups excluding carboxylic acids is 2. The molecule has 0 saturated heterocycles. The molecule has 0 aliphatic carbocycles. The zero-order valence-corrected chi connectivity index (χ0v) is 18.1. The predicted octanol–water partition coefficient (Wildman–Crippen LogP) is 2.82. The van der Waals surface area contributed by atoms with Gasteiger partial charge < -0.3 is 25.4 Å². The van der Waals surface area contributed by atoms with Crippen LogP contribution in [0.5, 0.6) is 0 Å². The van der Waals surface area contributed by atoms with E-state index in [4.69, 9.17) is 4.42 Å². The fourth-order valence-corrected chi connectivity index (χ4v) is 4.35. The zero-order chi connectivity index (χ0) is 22.6. The lowest BCUT2D eigenvalue weighted by molar-refractivity contribution is -0.130. The number of para-hydroxylation sites is 1. The smallest absolute Gasteiger partial charge is 0.243 e. The molecule has 1 aliphatic rings. The van der Waals surface area contributed by atoms with Crippen molar-refractivity contribution in [2.45, 2.75) is 38.0 Å². The summed E-state index contributed by atoms with van der Waals surface area (Å²) < 4.78 is 5.32. The highest BCUT2D eigenvalue weighted by Crippen LogP contribution is 2.20. The van der Waals surface area contributed by atoms with Gasteiger partial charge in [0.15, 0.2) is 0 Å². The molecule has 3 heterocycles. The number of amides is 2. The van der Waals surface area contributed by atoms with Crippen molar-refractivity contribution in [2.75, 3.05) is 0 Å². The molecule has 0 bridgehead atoms. The normalized spacial score (nSPS) is 16.2. The van der Waals surface area contributed by atoms with E-state index in [0.717, 1.165) is 22.0 Å². The molecule has 2 aromatic carbocycles. The Morgan fingerprint density at radius 1 is 1.03 bits per heavy atom. The van der Waals surface area contributed by atoms with Gasteiger partial charge in [-0.15, -0.1) is 0 Å². The molecule has 2 atom stereocenters. The molecule has 7 heteroatoms. The Labute approximate surface area is 191 Å². The first-order valence-corrected chi connectivity index (χ1v) is 11.1. The highest BCUT2D eigenvalue weighted by atomic mass is 16.3.